The van der Waals surface area contributed by atoms with Crippen molar-refractivity contribution in [1.29, 1.82) is 0 Å². The molecule has 0 radical (unpaired) electrons. The van der Waals surface area contributed by atoms with Crippen LogP contribution in [0, 0.1) is 0 Å². The van der Waals surface area contributed by atoms with Crippen molar-refractivity contribution in [2.75, 3.05) is 47.5 Å². The van der Waals surface area contributed by atoms with Crippen LogP contribution < -0.4 is 4.89 Å². The molecule has 0 aromatic rings. The van der Waals surface area contributed by atoms with Gasteiger partial charge in [0.25, 0.3) is 7.82 Å². The number of epoxide rings is 1. The number of ether oxygens (including phenoxy) is 3. The lowest BCUT2D eigenvalue weighted by Gasteiger charge is -2.28. The van der Waals surface area contributed by atoms with Crippen LogP contribution in [0.2, 0.25) is 0 Å². The molecule has 11 heteroatoms. The Morgan fingerprint density at radius 2 is 1.08 bits per heavy atom. The fourth-order valence-electron chi connectivity index (χ4n) is 6.39. The molecular formula is C48H86NO9P. The van der Waals surface area contributed by atoms with E-state index in [0.29, 0.717) is 36.1 Å². The van der Waals surface area contributed by atoms with E-state index < -0.39 is 32.5 Å². The number of hydrogen-bond acceptors (Lipinski definition) is 9. The van der Waals surface area contributed by atoms with Crippen LogP contribution in [0.3, 0.4) is 0 Å². The van der Waals surface area contributed by atoms with Crippen molar-refractivity contribution in [2.45, 2.75) is 199 Å². The Balaban J connectivity index is 2.30. The second-order valence-electron chi connectivity index (χ2n) is 17.1. The Kier molecular flexibility index (Phi) is 34.1. The molecular weight excluding hydrogens is 765 g/mol. The molecule has 0 bridgehead atoms. The van der Waals surface area contributed by atoms with Gasteiger partial charge in [-0.25, -0.2) is 0 Å². The number of hydrogen-bond donors (Lipinski definition) is 0. The molecule has 0 amide bonds. The van der Waals surface area contributed by atoms with E-state index in [1.165, 1.54) is 83.5 Å². The van der Waals surface area contributed by atoms with Crippen LogP contribution in [0.5, 0.6) is 0 Å². The van der Waals surface area contributed by atoms with E-state index in [1.54, 1.807) is 0 Å². The number of unbranched alkanes of at least 4 members (excludes halogenated alkanes) is 17. The lowest BCUT2D eigenvalue weighted by molar-refractivity contribution is -0.870. The number of phosphoric ester groups is 1. The Bertz CT molecular complexity index is 1210. The third-order valence-electron chi connectivity index (χ3n) is 10.2. The molecule has 0 aromatic carbocycles. The molecule has 0 aliphatic carbocycles. The van der Waals surface area contributed by atoms with Crippen LogP contribution in [0.25, 0.3) is 0 Å². The summed E-state index contributed by atoms with van der Waals surface area (Å²) in [7, 11) is 1.12. The molecule has 0 aromatic heterocycles. The summed E-state index contributed by atoms with van der Waals surface area (Å²) in [6, 6.07) is 0. The lowest BCUT2D eigenvalue weighted by Crippen LogP contribution is -2.37. The van der Waals surface area contributed by atoms with Gasteiger partial charge in [0, 0.05) is 12.8 Å². The quantitative estimate of drug-likeness (QED) is 0.0148. The van der Waals surface area contributed by atoms with Crippen molar-refractivity contribution in [3.63, 3.8) is 0 Å². The first-order valence-corrected chi connectivity index (χ1v) is 24.9. The second kappa shape index (κ2) is 36.6. The molecule has 10 nitrogen and oxygen atoms in total. The van der Waals surface area contributed by atoms with Crippen LogP contribution in [-0.2, 0) is 37.4 Å². The van der Waals surface area contributed by atoms with E-state index in [9.17, 15) is 19.0 Å². The minimum atomic E-state index is -4.64. The van der Waals surface area contributed by atoms with E-state index in [-0.39, 0.29) is 26.1 Å². The van der Waals surface area contributed by atoms with Crippen molar-refractivity contribution < 1.29 is 46.8 Å². The monoisotopic (exact) mass is 852 g/mol. The normalized spacial score (nSPS) is 17.4. The van der Waals surface area contributed by atoms with Gasteiger partial charge in [-0.1, -0.05) is 140 Å². The largest absolute Gasteiger partial charge is 0.756 e. The standard InChI is InChI=1S/C48H86NO9P/c1-6-8-10-12-14-15-16-17-18-19-20-21-22-23-26-31-35-39-48(51)57-44(43-56-59(52,53)55-41-40-49(3,4)5)42-54-47(50)38-34-30-27-24-25-29-33-37-46-45(58-46)36-32-28-13-11-9-7-2/h17-18,24,27-29,32-33,44-46H,6-16,19-23,25-26,30-31,34-43H2,1-5H3/b18-17-,27-24-,32-28-,33-29-/t44-,45?,46?/m1/s1. The van der Waals surface area contributed by atoms with Gasteiger partial charge in [0.1, 0.15) is 19.8 Å². The fraction of sp³-hybridized carbons (Fsp3) is 0.792. The third-order valence-corrected chi connectivity index (χ3v) is 11.2. The van der Waals surface area contributed by atoms with Crippen LogP contribution in [0.4, 0.5) is 0 Å². The van der Waals surface area contributed by atoms with Gasteiger partial charge in [-0.15, -0.1) is 0 Å². The SMILES string of the molecule is CCCCC/C=C\CC1OC1C/C=C\C/C=C\CCCC(=O)OC[C@H](COP(=O)([O-])OCC[N+](C)(C)C)OC(=O)CCCCCCCCC/C=C\CCCCCCCC. The van der Waals surface area contributed by atoms with Gasteiger partial charge in [0.05, 0.1) is 40.0 Å². The molecule has 0 saturated carbocycles. The molecule has 59 heavy (non-hydrogen) atoms. The zero-order chi connectivity index (χ0) is 43.3. The number of esters is 2. The van der Waals surface area contributed by atoms with Gasteiger partial charge in [0.2, 0.25) is 0 Å². The van der Waals surface area contributed by atoms with Crippen LogP contribution in [0.15, 0.2) is 48.6 Å². The van der Waals surface area contributed by atoms with Crippen LogP contribution in [0.1, 0.15) is 181 Å². The Hall–Kier alpha value is -2.07. The third kappa shape index (κ3) is 37.4. The summed E-state index contributed by atoms with van der Waals surface area (Å²) in [4.78, 5) is 37.6. The summed E-state index contributed by atoms with van der Waals surface area (Å²) >= 11 is 0. The number of carbonyl (C=O) groups excluding carboxylic acids is 2. The predicted molar refractivity (Wildman–Crippen MR) is 240 cm³/mol. The van der Waals surface area contributed by atoms with Gasteiger partial charge in [-0.05, 0) is 77.0 Å². The molecule has 342 valence electrons. The molecule has 1 saturated heterocycles. The van der Waals surface area contributed by atoms with E-state index in [0.717, 1.165) is 57.8 Å². The highest BCUT2D eigenvalue weighted by atomic mass is 31.2. The highest BCUT2D eigenvalue weighted by Gasteiger charge is 2.36. The number of carbonyl (C=O) groups is 2. The molecule has 4 atom stereocenters. The van der Waals surface area contributed by atoms with Gasteiger partial charge in [-0.3, -0.25) is 14.2 Å². The zero-order valence-electron chi connectivity index (χ0n) is 38.1. The number of allylic oxidation sites excluding steroid dienone is 6. The number of rotatable bonds is 41. The number of quaternary nitrogens is 1. The van der Waals surface area contributed by atoms with Crippen molar-refractivity contribution in [3.05, 3.63) is 48.6 Å². The summed E-state index contributed by atoms with van der Waals surface area (Å²) in [5.74, 6) is -0.911. The van der Waals surface area contributed by atoms with Crippen molar-refractivity contribution in [2.24, 2.45) is 0 Å². The van der Waals surface area contributed by atoms with Crippen molar-refractivity contribution in [1.82, 2.24) is 0 Å². The summed E-state index contributed by atoms with van der Waals surface area (Å²) < 4.78 is 39.7. The van der Waals surface area contributed by atoms with Gasteiger partial charge in [-0.2, -0.15) is 0 Å². The molecule has 1 heterocycles. The van der Waals surface area contributed by atoms with E-state index >= 15 is 0 Å². The Labute approximate surface area is 360 Å². The molecule has 1 aliphatic heterocycles. The Morgan fingerprint density at radius 1 is 0.610 bits per heavy atom. The number of nitrogens with zero attached hydrogens (tertiary/aromatic N) is 1. The smallest absolute Gasteiger partial charge is 0.306 e. The van der Waals surface area contributed by atoms with Gasteiger partial charge >= 0.3 is 11.9 Å². The first kappa shape index (κ1) is 54.9. The minimum Gasteiger partial charge on any atom is -0.756 e. The van der Waals surface area contributed by atoms with E-state index in [1.807, 2.05) is 21.1 Å². The molecule has 1 fully saturated rings. The highest BCUT2D eigenvalue weighted by Crippen LogP contribution is 2.38. The average Bonchev–Trinajstić information content (AvgIpc) is 3.94. The minimum absolute atomic E-state index is 0.0436. The predicted octanol–water partition coefficient (Wildman–Crippen LogP) is 11.8. The zero-order valence-corrected chi connectivity index (χ0v) is 39.0. The highest BCUT2D eigenvalue weighted by molar-refractivity contribution is 7.45. The summed E-state index contributed by atoms with van der Waals surface area (Å²) in [6.45, 7) is 4.11. The number of likely N-dealkylation sites (N-methyl/N-ethyl adjacent to an activating group) is 1. The topological polar surface area (TPSA) is 124 Å². The summed E-state index contributed by atoms with van der Waals surface area (Å²) in [5, 5.41) is 0. The van der Waals surface area contributed by atoms with E-state index in [4.69, 9.17) is 23.3 Å². The molecule has 3 unspecified atom stereocenters. The maximum atomic E-state index is 12.7. The molecule has 0 spiro atoms. The molecule has 1 aliphatic rings. The van der Waals surface area contributed by atoms with Crippen LogP contribution in [-0.4, -0.2) is 82.2 Å². The van der Waals surface area contributed by atoms with Gasteiger partial charge < -0.3 is 32.6 Å². The number of phosphoric acid groups is 1. The first-order chi connectivity index (χ1) is 28.5. The fourth-order valence-corrected chi connectivity index (χ4v) is 7.12. The summed E-state index contributed by atoms with van der Waals surface area (Å²) in [6.07, 6.45) is 44.5. The summed E-state index contributed by atoms with van der Waals surface area (Å²) in [5.41, 5.74) is 0. The first-order valence-electron chi connectivity index (χ1n) is 23.5. The van der Waals surface area contributed by atoms with Crippen molar-refractivity contribution >= 4 is 19.8 Å². The average molecular weight is 852 g/mol. The Morgan fingerprint density at radius 3 is 1.71 bits per heavy atom. The molecule has 0 N–H and O–H groups in total. The maximum absolute atomic E-state index is 12.7. The second-order valence-corrected chi connectivity index (χ2v) is 18.6. The van der Waals surface area contributed by atoms with Crippen molar-refractivity contribution in [3.8, 4) is 0 Å². The van der Waals surface area contributed by atoms with Gasteiger partial charge in [0.15, 0.2) is 6.10 Å². The maximum Gasteiger partial charge on any atom is 0.306 e. The lowest BCUT2D eigenvalue weighted by atomic mass is 10.1. The molecule has 1 rings (SSSR count). The van der Waals surface area contributed by atoms with E-state index in [2.05, 4.69) is 62.5 Å². The van der Waals surface area contributed by atoms with Crippen LogP contribution >= 0.6 is 7.82 Å².